The van der Waals surface area contributed by atoms with Crippen LogP contribution in [0, 0.1) is 34.5 Å². The van der Waals surface area contributed by atoms with Gasteiger partial charge >= 0.3 is 11.9 Å². The first-order valence-corrected chi connectivity index (χ1v) is 12.2. The molecule has 0 aliphatic heterocycles. The minimum absolute atomic E-state index is 0.0206. The predicted octanol–water partition coefficient (Wildman–Crippen LogP) is 3.99. The number of hydrogen-bond acceptors (Lipinski definition) is 6. The van der Waals surface area contributed by atoms with Crippen LogP contribution in [0.2, 0.25) is 0 Å². The number of ketones is 1. The number of fused-ring (bicyclic) bond motifs is 5. The lowest BCUT2D eigenvalue weighted by Crippen LogP contribution is -2.59. The van der Waals surface area contributed by atoms with Crippen molar-refractivity contribution in [2.75, 3.05) is 6.61 Å². The van der Waals surface area contributed by atoms with Crippen LogP contribution >= 0.6 is 0 Å². The van der Waals surface area contributed by atoms with E-state index in [0.717, 1.165) is 44.9 Å². The van der Waals surface area contributed by atoms with Crippen LogP contribution < -0.4 is 0 Å². The minimum atomic E-state index is -1.46. The fraction of sp³-hybridized carbons (Fsp3) is 0.808. The summed E-state index contributed by atoms with van der Waals surface area (Å²) in [6, 6.07) is 0. The Morgan fingerprint density at radius 1 is 1.09 bits per heavy atom. The number of carbonyl (C=O) groups is 3. The summed E-state index contributed by atoms with van der Waals surface area (Å²) in [5, 5.41) is 11.8. The topological polar surface area (TPSA) is 89.9 Å². The number of hydrogen-bond donors (Lipinski definition) is 1. The molecule has 0 unspecified atom stereocenters. The van der Waals surface area contributed by atoms with Crippen molar-refractivity contribution in [1.82, 2.24) is 0 Å². The monoisotopic (exact) mass is 446 g/mol. The zero-order chi connectivity index (χ0) is 23.5. The van der Waals surface area contributed by atoms with E-state index in [1.807, 2.05) is 6.92 Å². The highest BCUT2D eigenvalue weighted by Gasteiger charge is 2.68. The van der Waals surface area contributed by atoms with Crippen molar-refractivity contribution in [3.63, 3.8) is 0 Å². The fourth-order valence-electron chi connectivity index (χ4n) is 8.18. The van der Waals surface area contributed by atoms with E-state index in [1.165, 1.54) is 19.4 Å². The normalized spacial score (nSPS) is 45.1. The molecule has 0 radical (unpaired) electrons. The standard InChI is InChI=1S/C26H38O6/c1-15-12-22-20-7-6-18-13-19(32-17(3)28)8-10-24(18,4)21(20)9-11-25(22,5)26(15,30)23(29)14-31-16(2)27/h6,15,19-22,30H,7-14H2,1-5H3/t15-,19-,20+,21-,22-,24-,25-,26-/m0/s1. The van der Waals surface area contributed by atoms with Crippen molar-refractivity contribution in [1.29, 1.82) is 0 Å². The highest BCUT2D eigenvalue weighted by atomic mass is 16.5. The Balaban J connectivity index is 1.59. The van der Waals surface area contributed by atoms with Crippen molar-refractivity contribution < 1.29 is 29.0 Å². The van der Waals surface area contributed by atoms with Gasteiger partial charge in [0, 0.05) is 25.7 Å². The molecule has 6 nitrogen and oxygen atoms in total. The quantitative estimate of drug-likeness (QED) is 0.519. The van der Waals surface area contributed by atoms with Crippen molar-refractivity contribution in [3.05, 3.63) is 11.6 Å². The molecule has 6 heteroatoms. The summed E-state index contributed by atoms with van der Waals surface area (Å²) in [4.78, 5) is 35.8. The van der Waals surface area contributed by atoms with E-state index in [-0.39, 0.29) is 41.7 Å². The third kappa shape index (κ3) is 3.36. The lowest BCUT2D eigenvalue weighted by Gasteiger charge is -2.58. The zero-order valence-corrected chi connectivity index (χ0v) is 20.1. The number of esters is 2. The molecule has 3 saturated carbocycles. The summed E-state index contributed by atoms with van der Waals surface area (Å²) in [6.07, 6.45) is 8.59. The Bertz CT molecular complexity index is 847. The summed E-state index contributed by atoms with van der Waals surface area (Å²) in [6.45, 7) is 8.84. The molecular weight excluding hydrogens is 408 g/mol. The van der Waals surface area contributed by atoms with Crippen LogP contribution in [-0.4, -0.2) is 41.1 Å². The average molecular weight is 447 g/mol. The smallest absolute Gasteiger partial charge is 0.303 e. The van der Waals surface area contributed by atoms with Crippen LogP contribution in [-0.2, 0) is 23.9 Å². The van der Waals surface area contributed by atoms with Crippen LogP contribution in [0.15, 0.2) is 11.6 Å². The molecule has 4 rings (SSSR count). The minimum Gasteiger partial charge on any atom is -0.462 e. The number of rotatable bonds is 4. The van der Waals surface area contributed by atoms with Crippen molar-refractivity contribution in [3.8, 4) is 0 Å². The van der Waals surface area contributed by atoms with Gasteiger partial charge in [-0.25, -0.2) is 0 Å². The van der Waals surface area contributed by atoms with Crippen LogP contribution in [0.4, 0.5) is 0 Å². The molecule has 0 bridgehead atoms. The molecule has 0 aromatic heterocycles. The molecule has 0 saturated heterocycles. The van der Waals surface area contributed by atoms with E-state index < -0.39 is 17.0 Å². The van der Waals surface area contributed by atoms with Gasteiger partial charge < -0.3 is 14.6 Å². The molecule has 0 aromatic carbocycles. The Hall–Kier alpha value is -1.69. The lowest BCUT2D eigenvalue weighted by molar-refractivity contribution is -0.174. The number of Topliss-reactive ketones (excluding diaryl/α,β-unsaturated/α-hetero) is 1. The van der Waals surface area contributed by atoms with E-state index in [4.69, 9.17) is 9.47 Å². The first-order valence-electron chi connectivity index (χ1n) is 12.2. The van der Waals surface area contributed by atoms with Gasteiger partial charge in [-0.3, -0.25) is 14.4 Å². The summed E-state index contributed by atoms with van der Waals surface area (Å²) in [7, 11) is 0. The maximum absolute atomic E-state index is 13.1. The molecule has 8 atom stereocenters. The van der Waals surface area contributed by atoms with E-state index in [1.54, 1.807) is 0 Å². The highest BCUT2D eigenvalue weighted by molar-refractivity contribution is 5.91. The van der Waals surface area contributed by atoms with Gasteiger partial charge in [-0.15, -0.1) is 0 Å². The predicted molar refractivity (Wildman–Crippen MR) is 118 cm³/mol. The molecule has 178 valence electrons. The van der Waals surface area contributed by atoms with E-state index >= 15 is 0 Å². The van der Waals surface area contributed by atoms with E-state index in [9.17, 15) is 19.5 Å². The van der Waals surface area contributed by atoms with Crippen molar-refractivity contribution in [2.45, 2.75) is 91.3 Å². The van der Waals surface area contributed by atoms with Gasteiger partial charge in [0.2, 0.25) is 5.78 Å². The molecule has 0 aromatic rings. The van der Waals surface area contributed by atoms with Crippen LogP contribution in [0.5, 0.6) is 0 Å². The van der Waals surface area contributed by atoms with Gasteiger partial charge in [-0.2, -0.15) is 0 Å². The number of allylic oxidation sites excluding steroid dienone is 1. The zero-order valence-electron chi connectivity index (χ0n) is 20.1. The lowest BCUT2D eigenvalue weighted by atomic mass is 9.46. The second-order valence-corrected chi connectivity index (χ2v) is 11.3. The molecule has 4 aliphatic carbocycles. The maximum atomic E-state index is 13.1. The molecule has 0 amide bonds. The van der Waals surface area contributed by atoms with Crippen LogP contribution in [0.1, 0.15) is 79.6 Å². The van der Waals surface area contributed by atoms with Gasteiger partial charge in [-0.05, 0) is 67.6 Å². The number of ether oxygens (including phenoxy) is 2. The van der Waals surface area contributed by atoms with Gasteiger partial charge in [0.1, 0.15) is 11.7 Å². The van der Waals surface area contributed by atoms with E-state index in [0.29, 0.717) is 11.8 Å². The Kier molecular flexibility index (Phi) is 5.84. The van der Waals surface area contributed by atoms with Gasteiger partial charge in [0.25, 0.3) is 0 Å². The molecular formula is C26H38O6. The largest absolute Gasteiger partial charge is 0.462 e. The first kappa shape index (κ1) is 23.5. The SMILES string of the molecule is CC(=O)OCC(=O)[C@@]1(O)[C@@H](C)C[C@H]2[C@@H]3CC=C4C[C@@H](OC(C)=O)CC[C@]4(C)[C@H]3CC[C@@]21C. The molecule has 3 fully saturated rings. The molecule has 0 heterocycles. The summed E-state index contributed by atoms with van der Waals surface area (Å²) < 4.78 is 10.5. The molecule has 4 aliphatic rings. The van der Waals surface area contributed by atoms with Gasteiger partial charge in [0.15, 0.2) is 6.61 Å². The summed E-state index contributed by atoms with van der Waals surface area (Å²) in [5.41, 5.74) is -0.462. The highest BCUT2D eigenvalue weighted by Crippen LogP contribution is 2.68. The Morgan fingerprint density at radius 3 is 2.47 bits per heavy atom. The third-order valence-corrected chi connectivity index (χ3v) is 9.80. The molecule has 0 spiro atoms. The second kappa shape index (κ2) is 7.96. The average Bonchev–Trinajstić information content (AvgIpc) is 2.93. The Morgan fingerprint density at radius 2 is 1.81 bits per heavy atom. The van der Waals surface area contributed by atoms with E-state index in [2.05, 4.69) is 19.9 Å². The van der Waals surface area contributed by atoms with Gasteiger partial charge in [0.05, 0.1) is 0 Å². The number of aliphatic hydroxyl groups is 1. The maximum Gasteiger partial charge on any atom is 0.303 e. The molecule has 32 heavy (non-hydrogen) atoms. The van der Waals surface area contributed by atoms with Gasteiger partial charge in [-0.1, -0.05) is 32.4 Å². The van der Waals surface area contributed by atoms with Crippen LogP contribution in [0.25, 0.3) is 0 Å². The molecule has 1 N–H and O–H groups in total. The second-order valence-electron chi connectivity index (χ2n) is 11.3. The van der Waals surface area contributed by atoms with Crippen LogP contribution in [0.3, 0.4) is 0 Å². The first-order chi connectivity index (χ1) is 14.9. The fourth-order valence-corrected chi connectivity index (χ4v) is 8.18. The summed E-state index contributed by atoms with van der Waals surface area (Å²) >= 11 is 0. The Labute approximate surface area is 191 Å². The number of carbonyl (C=O) groups excluding carboxylic acids is 3. The third-order valence-electron chi connectivity index (χ3n) is 9.80. The summed E-state index contributed by atoms with van der Waals surface area (Å²) in [5.74, 6) is -0.0497. The van der Waals surface area contributed by atoms with Crippen molar-refractivity contribution in [2.24, 2.45) is 34.5 Å². The van der Waals surface area contributed by atoms with Crippen molar-refractivity contribution >= 4 is 17.7 Å².